The maximum atomic E-state index is 12.3. The highest BCUT2D eigenvalue weighted by Gasteiger charge is 2.38. The number of halogens is 2. The lowest BCUT2D eigenvalue weighted by Gasteiger charge is -2.33. The number of rotatable bonds is 3. The van der Waals surface area contributed by atoms with E-state index in [9.17, 15) is 4.79 Å². The summed E-state index contributed by atoms with van der Waals surface area (Å²) in [6, 6.07) is 9.17. The standard InChI is InChI=1S/C16H16Cl2O/c1-11(2)16(18)9-8-13(10-14(16)17)15(19)12-6-4-3-5-7-12/h3-11,14H,1-2H3. The number of ketones is 1. The Hall–Kier alpha value is -1.05. The van der Waals surface area contributed by atoms with Crippen molar-refractivity contribution in [2.24, 2.45) is 5.92 Å². The molecule has 0 N–H and O–H groups in total. The number of alkyl halides is 2. The Kier molecular flexibility index (Phi) is 4.17. The fraction of sp³-hybridized carbons (Fsp3) is 0.312. The Balaban J connectivity index is 2.26. The zero-order valence-electron chi connectivity index (χ0n) is 10.9. The smallest absolute Gasteiger partial charge is 0.192 e. The zero-order valence-corrected chi connectivity index (χ0v) is 12.4. The number of carbonyl (C=O) groups is 1. The average Bonchev–Trinajstić information content (AvgIpc) is 2.42. The van der Waals surface area contributed by atoms with Gasteiger partial charge in [-0.3, -0.25) is 4.79 Å². The van der Waals surface area contributed by atoms with Crippen molar-refractivity contribution in [3.63, 3.8) is 0 Å². The fourth-order valence-corrected chi connectivity index (χ4v) is 2.66. The largest absolute Gasteiger partial charge is 0.289 e. The number of hydrogen-bond acceptors (Lipinski definition) is 1. The summed E-state index contributed by atoms with van der Waals surface area (Å²) >= 11 is 12.8. The van der Waals surface area contributed by atoms with Gasteiger partial charge in [0, 0.05) is 11.1 Å². The molecule has 0 radical (unpaired) electrons. The van der Waals surface area contributed by atoms with Crippen LogP contribution in [-0.4, -0.2) is 16.0 Å². The molecular formula is C16H16Cl2O. The van der Waals surface area contributed by atoms with Crippen molar-refractivity contribution in [3.8, 4) is 0 Å². The van der Waals surface area contributed by atoms with Gasteiger partial charge in [0.25, 0.3) is 0 Å². The molecule has 1 aliphatic carbocycles. The van der Waals surface area contributed by atoms with Crippen LogP contribution in [0.3, 0.4) is 0 Å². The van der Waals surface area contributed by atoms with Crippen LogP contribution in [0.2, 0.25) is 0 Å². The van der Waals surface area contributed by atoms with Crippen LogP contribution in [0.25, 0.3) is 0 Å². The van der Waals surface area contributed by atoms with E-state index < -0.39 is 4.87 Å². The van der Waals surface area contributed by atoms with Gasteiger partial charge in [0.2, 0.25) is 0 Å². The highest BCUT2D eigenvalue weighted by Crippen LogP contribution is 2.38. The van der Waals surface area contributed by atoms with Crippen LogP contribution >= 0.6 is 23.2 Å². The third-order valence-electron chi connectivity index (χ3n) is 3.45. The summed E-state index contributed by atoms with van der Waals surface area (Å²) in [5.41, 5.74) is 1.26. The van der Waals surface area contributed by atoms with Crippen LogP contribution in [0.1, 0.15) is 24.2 Å². The van der Waals surface area contributed by atoms with E-state index in [0.717, 1.165) is 0 Å². The molecule has 0 fully saturated rings. The van der Waals surface area contributed by atoms with Gasteiger partial charge in [-0.15, -0.1) is 23.2 Å². The van der Waals surface area contributed by atoms with Crippen LogP contribution in [0, 0.1) is 5.92 Å². The van der Waals surface area contributed by atoms with E-state index in [1.165, 1.54) is 0 Å². The Bertz CT molecular complexity index is 531. The molecule has 0 amide bonds. The summed E-state index contributed by atoms with van der Waals surface area (Å²) in [6.07, 6.45) is 5.37. The maximum Gasteiger partial charge on any atom is 0.192 e. The third kappa shape index (κ3) is 2.77. The second kappa shape index (κ2) is 5.52. The Morgan fingerprint density at radius 3 is 2.42 bits per heavy atom. The lowest BCUT2D eigenvalue weighted by Crippen LogP contribution is -2.37. The predicted molar refractivity (Wildman–Crippen MR) is 81.1 cm³/mol. The molecule has 0 spiro atoms. The van der Waals surface area contributed by atoms with Gasteiger partial charge in [-0.05, 0) is 5.92 Å². The van der Waals surface area contributed by atoms with Crippen LogP contribution in [-0.2, 0) is 0 Å². The summed E-state index contributed by atoms with van der Waals surface area (Å²) < 4.78 is 0. The first-order valence-corrected chi connectivity index (χ1v) is 7.10. The number of benzene rings is 1. The average molecular weight is 295 g/mol. The van der Waals surface area contributed by atoms with Crippen molar-refractivity contribution in [1.29, 1.82) is 0 Å². The van der Waals surface area contributed by atoms with Crippen molar-refractivity contribution >= 4 is 29.0 Å². The predicted octanol–water partition coefficient (Wildman–Crippen LogP) is 4.61. The summed E-state index contributed by atoms with van der Waals surface area (Å²) in [5, 5.41) is -0.387. The van der Waals surface area contributed by atoms with E-state index in [4.69, 9.17) is 23.2 Å². The van der Waals surface area contributed by atoms with Gasteiger partial charge < -0.3 is 0 Å². The first-order valence-electron chi connectivity index (χ1n) is 6.29. The van der Waals surface area contributed by atoms with Crippen molar-refractivity contribution in [2.75, 3.05) is 0 Å². The summed E-state index contributed by atoms with van der Waals surface area (Å²) in [6.45, 7) is 4.04. The highest BCUT2D eigenvalue weighted by atomic mass is 35.5. The van der Waals surface area contributed by atoms with Crippen LogP contribution in [0.4, 0.5) is 0 Å². The lowest BCUT2D eigenvalue weighted by molar-refractivity contribution is 0.103. The molecule has 0 saturated carbocycles. The molecule has 100 valence electrons. The minimum Gasteiger partial charge on any atom is -0.289 e. The lowest BCUT2D eigenvalue weighted by atomic mass is 9.84. The van der Waals surface area contributed by atoms with E-state index in [1.807, 2.05) is 38.1 Å². The molecule has 2 atom stereocenters. The molecule has 1 nitrogen and oxygen atoms in total. The molecule has 0 aromatic heterocycles. The molecule has 2 unspecified atom stereocenters. The summed E-state index contributed by atoms with van der Waals surface area (Å²) in [4.78, 5) is 11.7. The van der Waals surface area contributed by atoms with Crippen molar-refractivity contribution in [3.05, 3.63) is 59.7 Å². The van der Waals surface area contributed by atoms with Crippen molar-refractivity contribution in [2.45, 2.75) is 24.1 Å². The molecule has 1 aromatic rings. The van der Waals surface area contributed by atoms with Crippen molar-refractivity contribution < 1.29 is 4.79 Å². The normalized spacial score (nSPS) is 26.4. The van der Waals surface area contributed by atoms with Crippen LogP contribution < -0.4 is 0 Å². The third-order valence-corrected chi connectivity index (χ3v) is 4.85. The molecular weight excluding hydrogens is 279 g/mol. The first kappa shape index (κ1) is 14.4. The minimum atomic E-state index is -0.623. The molecule has 3 heteroatoms. The molecule has 0 heterocycles. The number of Topliss-reactive ketones (excluding diaryl/α,β-unsaturated/α-hetero) is 1. The molecule has 0 bridgehead atoms. The Morgan fingerprint density at radius 1 is 1.26 bits per heavy atom. The van der Waals surface area contributed by atoms with E-state index in [1.54, 1.807) is 24.3 Å². The van der Waals surface area contributed by atoms with Gasteiger partial charge in [-0.1, -0.05) is 62.4 Å². The second-order valence-electron chi connectivity index (χ2n) is 5.03. The quantitative estimate of drug-likeness (QED) is 0.588. The molecule has 19 heavy (non-hydrogen) atoms. The number of hydrogen-bond donors (Lipinski definition) is 0. The zero-order chi connectivity index (χ0) is 14.0. The van der Waals surface area contributed by atoms with Gasteiger partial charge in [-0.2, -0.15) is 0 Å². The highest BCUT2D eigenvalue weighted by molar-refractivity contribution is 6.35. The SMILES string of the molecule is CC(C)C1(Cl)C=CC(C(=O)c2ccccc2)=CC1Cl. The van der Waals surface area contributed by atoms with Gasteiger partial charge in [0.15, 0.2) is 5.78 Å². The van der Waals surface area contributed by atoms with E-state index in [0.29, 0.717) is 11.1 Å². The fourth-order valence-electron chi connectivity index (χ4n) is 2.07. The molecule has 2 rings (SSSR count). The van der Waals surface area contributed by atoms with Crippen LogP contribution in [0.5, 0.6) is 0 Å². The molecule has 1 aromatic carbocycles. The van der Waals surface area contributed by atoms with Gasteiger partial charge in [-0.25, -0.2) is 0 Å². The molecule has 0 saturated heterocycles. The summed E-state index contributed by atoms with van der Waals surface area (Å²) in [7, 11) is 0. The van der Waals surface area contributed by atoms with Crippen LogP contribution in [0.15, 0.2) is 54.1 Å². The van der Waals surface area contributed by atoms with Gasteiger partial charge >= 0.3 is 0 Å². The monoisotopic (exact) mass is 294 g/mol. The topological polar surface area (TPSA) is 17.1 Å². The van der Waals surface area contributed by atoms with Gasteiger partial charge in [0.1, 0.15) is 0 Å². The number of allylic oxidation sites excluding steroid dienone is 4. The molecule has 1 aliphatic rings. The maximum absolute atomic E-state index is 12.3. The van der Waals surface area contributed by atoms with Crippen molar-refractivity contribution in [1.82, 2.24) is 0 Å². The minimum absolute atomic E-state index is 0.0232. The van der Waals surface area contributed by atoms with Gasteiger partial charge in [0.05, 0.1) is 10.3 Å². The molecule has 0 aliphatic heterocycles. The Morgan fingerprint density at radius 2 is 1.89 bits per heavy atom. The number of carbonyl (C=O) groups excluding carboxylic acids is 1. The Labute approximate surface area is 123 Å². The van der Waals surface area contributed by atoms with E-state index in [-0.39, 0.29) is 17.1 Å². The van der Waals surface area contributed by atoms with E-state index in [2.05, 4.69) is 0 Å². The first-order chi connectivity index (χ1) is 8.95. The van der Waals surface area contributed by atoms with E-state index >= 15 is 0 Å². The second-order valence-corrected chi connectivity index (χ2v) is 6.16. The summed E-state index contributed by atoms with van der Waals surface area (Å²) in [5.74, 6) is 0.169.